The summed E-state index contributed by atoms with van der Waals surface area (Å²) >= 11 is 3.20. The second-order valence-electron chi connectivity index (χ2n) is 4.54. The van der Waals surface area contributed by atoms with E-state index in [1.54, 1.807) is 12.1 Å². The standard InChI is InChI=1S/C12H14BrFN2O/c13-8-3-1-4-9(14)11(8)16-10(17)7-12(15)5-2-6-12/h1,3-4H,2,5-7,15H2,(H,16,17). The molecule has 1 aliphatic carbocycles. The van der Waals surface area contributed by atoms with Crippen molar-refractivity contribution in [2.75, 3.05) is 5.32 Å². The van der Waals surface area contributed by atoms with E-state index in [1.807, 2.05) is 0 Å². The largest absolute Gasteiger partial charge is 0.325 e. The second-order valence-corrected chi connectivity index (χ2v) is 5.39. The van der Waals surface area contributed by atoms with Gasteiger partial charge in [0.15, 0.2) is 0 Å². The van der Waals surface area contributed by atoms with Crippen LogP contribution >= 0.6 is 15.9 Å². The zero-order valence-corrected chi connectivity index (χ0v) is 10.9. The molecule has 1 amide bonds. The molecule has 0 atom stereocenters. The summed E-state index contributed by atoms with van der Waals surface area (Å²) in [6, 6.07) is 4.56. The van der Waals surface area contributed by atoms with Gasteiger partial charge in [-0.25, -0.2) is 4.39 Å². The molecule has 1 fully saturated rings. The summed E-state index contributed by atoms with van der Waals surface area (Å²) < 4.78 is 14.0. The molecule has 1 aliphatic rings. The summed E-state index contributed by atoms with van der Waals surface area (Å²) in [5.41, 5.74) is 5.76. The molecule has 0 aromatic heterocycles. The zero-order chi connectivity index (χ0) is 12.5. The van der Waals surface area contributed by atoms with Crippen LogP contribution in [0.1, 0.15) is 25.7 Å². The topological polar surface area (TPSA) is 55.1 Å². The second kappa shape index (κ2) is 4.74. The van der Waals surface area contributed by atoms with Crippen LogP contribution in [0.4, 0.5) is 10.1 Å². The van der Waals surface area contributed by atoms with Crippen LogP contribution < -0.4 is 11.1 Å². The van der Waals surface area contributed by atoms with E-state index in [0.29, 0.717) is 4.47 Å². The van der Waals surface area contributed by atoms with Crippen molar-refractivity contribution >= 4 is 27.5 Å². The van der Waals surface area contributed by atoms with Crippen molar-refractivity contribution in [3.63, 3.8) is 0 Å². The predicted octanol–water partition coefficient (Wildman–Crippen LogP) is 2.80. The molecule has 0 bridgehead atoms. The maximum absolute atomic E-state index is 13.5. The molecular formula is C12H14BrFN2O. The molecule has 0 unspecified atom stereocenters. The van der Waals surface area contributed by atoms with Crippen LogP contribution in [0.5, 0.6) is 0 Å². The Hall–Kier alpha value is -0.940. The number of carbonyl (C=O) groups is 1. The van der Waals surface area contributed by atoms with Crippen molar-refractivity contribution in [3.8, 4) is 0 Å². The van der Waals surface area contributed by atoms with Gasteiger partial charge in [0, 0.05) is 16.4 Å². The van der Waals surface area contributed by atoms with Gasteiger partial charge in [-0.05, 0) is 47.3 Å². The fraction of sp³-hybridized carbons (Fsp3) is 0.417. The summed E-state index contributed by atoms with van der Waals surface area (Å²) in [5, 5.41) is 2.56. The molecule has 0 heterocycles. The first-order valence-corrected chi connectivity index (χ1v) is 6.32. The van der Waals surface area contributed by atoms with Crippen LogP contribution in [0.2, 0.25) is 0 Å². The van der Waals surface area contributed by atoms with Gasteiger partial charge in [0.1, 0.15) is 5.82 Å². The molecule has 3 nitrogen and oxygen atoms in total. The highest BCUT2D eigenvalue weighted by Gasteiger charge is 2.34. The van der Waals surface area contributed by atoms with E-state index in [9.17, 15) is 9.18 Å². The van der Waals surface area contributed by atoms with Crippen molar-refractivity contribution in [1.82, 2.24) is 0 Å². The first kappa shape index (κ1) is 12.5. The number of anilines is 1. The summed E-state index contributed by atoms with van der Waals surface area (Å²) in [6.45, 7) is 0. The molecule has 5 heteroatoms. The van der Waals surface area contributed by atoms with Crippen LogP contribution in [-0.2, 0) is 4.79 Å². The zero-order valence-electron chi connectivity index (χ0n) is 9.30. The maximum Gasteiger partial charge on any atom is 0.226 e. The fourth-order valence-electron chi connectivity index (χ4n) is 1.93. The van der Waals surface area contributed by atoms with E-state index < -0.39 is 5.82 Å². The van der Waals surface area contributed by atoms with Crippen LogP contribution in [0.25, 0.3) is 0 Å². The van der Waals surface area contributed by atoms with Crippen molar-refractivity contribution in [1.29, 1.82) is 0 Å². The smallest absolute Gasteiger partial charge is 0.226 e. The van der Waals surface area contributed by atoms with Crippen LogP contribution in [0.3, 0.4) is 0 Å². The first-order valence-electron chi connectivity index (χ1n) is 5.53. The normalized spacial score (nSPS) is 17.4. The van der Waals surface area contributed by atoms with Crippen LogP contribution in [0.15, 0.2) is 22.7 Å². The van der Waals surface area contributed by atoms with E-state index in [2.05, 4.69) is 21.2 Å². The van der Waals surface area contributed by atoms with Gasteiger partial charge in [-0.15, -0.1) is 0 Å². The van der Waals surface area contributed by atoms with Gasteiger partial charge in [0.25, 0.3) is 0 Å². The number of halogens is 2. The fourth-order valence-corrected chi connectivity index (χ4v) is 2.37. The lowest BCUT2D eigenvalue weighted by atomic mass is 9.75. The number of rotatable bonds is 3. The number of para-hydroxylation sites is 1. The molecule has 1 saturated carbocycles. The molecule has 0 aliphatic heterocycles. The summed E-state index contributed by atoms with van der Waals surface area (Å²) in [5.74, 6) is -0.689. The summed E-state index contributed by atoms with van der Waals surface area (Å²) in [4.78, 5) is 11.7. The SMILES string of the molecule is NC1(CC(=O)Nc2c(F)cccc2Br)CCC1. The van der Waals surface area contributed by atoms with Crippen molar-refractivity contribution in [3.05, 3.63) is 28.5 Å². The van der Waals surface area contributed by atoms with Gasteiger partial charge in [-0.3, -0.25) is 4.79 Å². The number of carbonyl (C=O) groups excluding carboxylic acids is 1. The predicted molar refractivity (Wildman–Crippen MR) is 68.1 cm³/mol. The maximum atomic E-state index is 13.5. The van der Waals surface area contributed by atoms with Crippen molar-refractivity contribution in [2.45, 2.75) is 31.2 Å². The molecule has 1 aromatic carbocycles. The number of benzene rings is 1. The molecule has 3 N–H and O–H groups in total. The van der Waals surface area contributed by atoms with Gasteiger partial charge in [0.05, 0.1) is 5.69 Å². The summed E-state index contributed by atoms with van der Waals surface area (Å²) in [7, 11) is 0. The van der Waals surface area contributed by atoms with Crippen molar-refractivity contribution in [2.24, 2.45) is 5.73 Å². The molecule has 0 spiro atoms. The van der Waals surface area contributed by atoms with Gasteiger partial charge in [-0.1, -0.05) is 6.07 Å². The van der Waals surface area contributed by atoms with E-state index >= 15 is 0 Å². The Balaban J connectivity index is 2.03. The Kier molecular flexibility index (Phi) is 3.49. The van der Waals surface area contributed by atoms with E-state index in [4.69, 9.17) is 5.73 Å². The Bertz CT molecular complexity index is 426. The Morgan fingerprint density at radius 3 is 2.76 bits per heavy atom. The average Bonchev–Trinajstić information content (AvgIpc) is 2.21. The third-order valence-electron chi connectivity index (χ3n) is 3.09. The van der Waals surface area contributed by atoms with Gasteiger partial charge < -0.3 is 11.1 Å². The van der Waals surface area contributed by atoms with Crippen molar-refractivity contribution < 1.29 is 9.18 Å². The molecular weight excluding hydrogens is 287 g/mol. The quantitative estimate of drug-likeness (QED) is 0.902. The highest BCUT2D eigenvalue weighted by Crippen LogP contribution is 2.33. The molecule has 17 heavy (non-hydrogen) atoms. The lowest BCUT2D eigenvalue weighted by Crippen LogP contribution is -2.49. The summed E-state index contributed by atoms with van der Waals surface area (Å²) in [6.07, 6.45) is 3.03. The highest BCUT2D eigenvalue weighted by atomic mass is 79.9. The monoisotopic (exact) mass is 300 g/mol. The number of hydrogen-bond acceptors (Lipinski definition) is 2. The third kappa shape index (κ3) is 2.84. The average molecular weight is 301 g/mol. The molecule has 0 saturated heterocycles. The Morgan fingerprint density at radius 1 is 1.53 bits per heavy atom. The molecule has 2 rings (SSSR count). The number of amides is 1. The van der Waals surface area contributed by atoms with Gasteiger partial charge in [-0.2, -0.15) is 0 Å². The minimum absolute atomic E-state index is 0.181. The number of nitrogens with one attached hydrogen (secondary N) is 1. The Labute approximate surface area is 108 Å². The van der Waals surface area contributed by atoms with E-state index in [0.717, 1.165) is 19.3 Å². The minimum Gasteiger partial charge on any atom is -0.325 e. The Morgan fingerprint density at radius 2 is 2.24 bits per heavy atom. The lowest BCUT2D eigenvalue weighted by molar-refractivity contribution is -0.118. The number of hydrogen-bond donors (Lipinski definition) is 2. The number of nitrogens with two attached hydrogens (primary N) is 1. The van der Waals surface area contributed by atoms with Crippen LogP contribution in [0, 0.1) is 5.82 Å². The highest BCUT2D eigenvalue weighted by molar-refractivity contribution is 9.10. The van der Waals surface area contributed by atoms with E-state index in [-0.39, 0.29) is 23.6 Å². The van der Waals surface area contributed by atoms with Gasteiger partial charge in [0.2, 0.25) is 5.91 Å². The molecule has 0 radical (unpaired) electrons. The van der Waals surface area contributed by atoms with Gasteiger partial charge >= 0.3 is 0 Å². The molecule has 1 aromatic rings. The lowest BCUT2D eigenvalue weighted by Gasteiger charge is -2.37. The van der Waals surface area contributed by atoms with E-state index in [1.165, 1.54) is 6.07 Å². The molecule has 92 valence electrons. The third-order valence-corrected chi connectivity index (χ3v) is 3.75. The first-order chi connectivity index (χ1) is 8.00. The van der Waals surface area contributed by atoms with Crippen LogP contribution in [-0.4, -0.2) is 11.4 Å². The minimum atomic E-state index is -0.451.